The molecule has 4 heteroatoms. The molecule has 0 aliphatic rings. The Morgan fingerprint density at radius 1 is 1.15 bits per heavy atom. The second-order valence-corrected chi connectivity index (χ2v) is 4.27. The van der Waals surface area contributed by atoms with E-state index < -0.39 is 5.82 Å². The molecule has 0 atom stereocenters. The van der Waals surface area contributed by atoms with Crippen LogP contribution in [-0.2, 0) is 11.3 Å². The highest BCUT2D eigenvalue weighted by Gasteiger charge is 2.07. The van der Waals surface area contributed by atoms with Gasteiger partial charge >= 0.3 is 0 Å². The molecule has 2 rings (SSSR count). The molecule has 20 heavy (non-hydrogen) atoms. The summed E-state index contributed by atoms with van der Waals surface area (Å²) in [5.41, 5.74) is 1.26. The fourth-order valence-electron chi connectivity index (χ4n) is 1.73. The second kappa shape index (κ2) is 6.82. The van der Waals surface area contributed by atoms with E-state index in [2.05, 4.69) is 0 Å². The summed E-state index contributed by atoms with van der Waals surface area (Å²) in [6, 6.07) is 13.0. The van der Waals surface area contributed by atoms with Crippen LogP contribution in [0.4, 0.5) is 4.39 Å². The highest BCUT2D eigenvalue weighted by Crippen LogP contribution is 2.12. The van der Waals surface area contributed by atoms with Crippen molar-refractivity contribution in [2.45, 2.75) is 6.61 Å². The van der Waals surface area contributed by atoms with Gasteiger partial charge in [0.1, 0.15) is 18.2 Å². The van der Waals surface area contributed by atoms with Crippen molar-refractivity contribution in [1.29, 1.82) is 0 Å². The number of benzene rings is 2. The molecule has 0 bridgehead atoms. The maximum Gasteiger partial charge on any atom is 0.188 e. The predicted molar refractivity (Wildman–Crippen MR) is 73.4 cm³/mol. The van der Waals surface area contributed by atoms with E-state index in [1.807, 2.05) is 24.3 Å². The van der Waals surface area contributed by atoms with Gasteiger partial charge in [0.15, 0.2) is 5.78 Å². The van der Waals surface area contributed by atoms with E-state index in [0.717, 1.165) is 11.3 Å². The van der Waals surface area contributed by atoms with Gasteiger partial charge in [0.2, 0.25) is 0 Å². The van der Waals surface area contributed by atoms with E-state index in [9.17, 15) is 9.18 Å². The van der Waals surface area contributed by atoms with Gasteiger partial charge in [-0.1, -0.05) is 24.3 Å². The zero-order valence-electron chi connectivity index (χ0n) is 11.1. The molecule has 0 N–H and O–H groups in total. The highest BCUT2D eigenvalue weighted by atomic mass is 19.1. The van der Waals surface area contributed by atoms with Crippen molar-refractivity contribution in [3.8, 4) is 5.75 Å². The molecular formula is C16H15FO3. The Hall–Kier alpha value is -2.20. The monoisotopic (exact) mass is 274 g/mol. The summed E-state index contributed by atoms with van der Waals surface area (Å²) in [5, 5.41) is 0. The van der Waals surface area contributed by atoms with E-state index >= 15 is 0 Å². The van der Waals surface area contributed by atoms with Gasteiger partial charge in [0, 0.05) is 5.56 Å². The molecule has 0 aliphatic carbocycles. The largest absolute Gasteiger partial charge is 0.497 e. The maximum atomic E-state index is 13.0. The lowest BCUT2D eigenvalue weighted by Gasteiger charge is -2.05. The van der Waals surface area contributed by atoms with Crippen molar-refractivity contribution in [3.05, 3.63) is 65.5 Å². The van der Waals surface area contributed by atoms with Crippen LogP contribution in [0.15, 0.2) is 48.5 Å². The molecule has 0 saturated carbocycles. The number of methoxy groups -OCH3 is 1. The van der Waals surface area contributed by atoms with Crippen molar-refractivity contribution in [2.75, 3.05) is 13.7 Å². The maximum absolute atomic E-state index is 13.0. The number of hydrogen-bond acceptors (Lipinski definition) is 3. The lowest BCUT2D eigenvalue weighted by atomic mass is 10.1. The minimum Gasteiger partial charge on any atom is -0.497 e. The molecule has 0 aliphatic heterocycles. The molecule has 0 fully saturated rings. The minimum atomic E-state index is -0.425. The van der Waals surface area contributed by atoms with Gasteiger partial charge in [0.25, 0.3) is 0 Å². The Bertz CT molecular complexity index is 579. The Kier molecular flexibility index (Phi) is 4.85. The first-order valence-electron chi connectivity index (χ1n) is 6.18. The van der Waals surface area contributed by atoms with Gasteiger partial charge in [-0.15, -0.1) is 0 Å². The Morgan fingerprint density at radius 3 is 2.55 bits per heavy atom. The van der Waals surface area contributed by atoms with Crippen molar-refractivity contribution in [3.63, 3.8) is 0 Å². The number of rotatable bonds is 6. The van der Waals surface area contributed by atoms with Crippen LogP contribution in [0.3, 0.4) is 0 Å². The third-order valence-electron chi connectivity index (χ3n) is 2.81. The summed E-state index contributed by atoms with van der Waals surface area (Å²) in [4.78, 5) is 11.8. The number of ether oxygens (including phenoxy) is 2. The van der Waals surface area contributed by atoms with Crippen LogP contribution in [0.5, 0.6) is 5.75 Å². The van der Waals surface area contributed by atoms with Crippen LogP contribution in [0.2, 0.25) is 0 Å². The molecule has 0 heterocycles. The van der Waals surface area contributed by atoms with Crippen molar-refractivity contribution < 1.29 is 18.7 Å². The van der Waals surface area contributed by atoms with Gasteiger partial charge in [0.05, 0.1) is 13.7 Å². The highest BCUT2D eigenvalue weighted by molar-refractivity contribution is 5.97. The van der Waals surface area contributed by atoms with E-state index in [1.165, 1.54) is 18.2 Å². The Labute approximate surface area is 117 Å². The minimum absolute atomic E-state index is 0.0739. The van der Waals surface area contributed by atoms with Gasteiger partial charge < -0.3 is 9.47 Å². The van der Waals surface area contributed by atoms with Crippen LogP contribution in [0.25, 0.3) is 0 Å². The van der Waals surface area contributed by atoms with Crippen molar-refractivity contribution in [1.82, 2.24) is 0 Å². The summed E-state index contributed by atoms with van der Waals surface area (Å²) in [6.45, 7) is 0.251. The number of carbonyl (C=O) groups is 1. The first-order valence-corrected chi connectivity index (χ1v) is 6.18. The fourth-order valence-corrected chi connectivity index (χ4v) is 1.73. The molecule has 2 aromatic rings. The number of carbonyl (C=O) groups excluding carboxylic acids is 1. The quantitative estimate of drug-likeness (QED) is 0.759. The third-order valence-corrected chi connectivity index (χ3v) is 2.81. The number of ketones is 1. The molecular weight excluding hydrogens is 259 g/mol. The molecule has 2 aromatic carbocycles. The van der Waals surface area contributed by atoms with Crippen LogP contribution in [0, 0.1) is 5.82 Å². The molecule has 0 aromatic heterocycles. The summed E-state index contributed by atoms with van der Waals surface area (Å²) < 4.78 is 23.4. The van der Waals surface area contributed by atoms with E-state index in [0.29, 0.717) is 12.2 Å². The van der Waals surface area contributed by atoms with Crippen LogP contribution in [0.1, 0.15) is 15.9 Å². The number of halogens is 1. The van der Waals surface area contributed by atoms with Gasteiger partial charge in [-0.3, -0.25) is 4.79 Å². The molecule has 104 valence electrons. The zero-order chi connectivity index (χ0) is 14.4. The molecule has 0 unspecified atom stereocenters. The summed E-state index contributed by atoms with van der Waals surface area (Å²) >= 11 is 0. The van der Waals surface area contributed by atoms with Gasteiger partial charge in [-0.05, 0) is 29.8 Å². The number of hydrogen-bond donors (Lipinski definition) is 0. The van der Waals surface area contributed by atoms with Crippen LogP contribution < -0.4 is 4.74 Å². The summed E-state index contributed by atoms with van der Waals surface area (Å²) in [7, 11) is 1.60. The first kappa shape index (κ1) is 14.2. The zero-order valence-corrected chi connectivity index (χ0v) is 11.1. The average Bonchev–Trinajstić information content (AvgIpc) is 2.48. The molecule has 0 radical (unpaired) electrons. The van der Waals surface area contributed by atoms with Crippen LogP contribution >= 0.6 is 0 Å². The van der Waals surface area contributed by atoms with E-state index in [1.54, 1.807) is 13.2 Å². The SMILES string of the molecule is COc1ccc(COCC(=O)c2cccc(F)c2)cc1. The topological polar surface area (TPSA) is 35.5 Å². The Balaban J connectivity index is 1.84. The second-order valence-electron chi connectivity index (χ2n) is 4.27. The van der Waals surface area contributed by atoms with E-state index in [4.69, 9.17) is 9.47 Å². The number of Topliss-reactive ketones (excluding diaryl/α,β-unsaturated/α-hetero) is 1. The van der Waals surface area contributed by atoms with E-state index in [-0.39, 0.29) is 12.4 Å². The van der Waals surface area contributed by atoms with Crippen molar-refractivity contribution in [2.24, 2.45) is 0 Å². The van der Waals surface area contributed by atoms with Crippen LogP contribution in [-0.4, -0.2) is 19.5 Å². The molecule has 0 amide bonds. The molecule has 3 nitrogen and oxygen atoms in total. The fraction of sp³-hybridized carbons (Fsp3) is 0.188. The van der Waals surface area contributed by atoms with Gasteiger partial charge in [-0.25, -0.2) is 4.39 Å². The third kappa shape index (κ3) is 3.90. The normalized spacial score (nSPS) is 10.3. The smallest absolute Gasteiger partial charge is 0.188 e. The van der Waals surface area contributed by atoms with Gasteiger partial charge in [-0.2, -0.15) is 0 Å². The Morgan fingerprint density at radius 2 is 1.90 bits per heavy atom. The average molecular weight is 274 g/mol. The predicted octanol–water partition coefficient (Wildman–Crippen LogP) is 3.23. The molecule has 0 spiro atoms. The molecule has 0 saturated heterocycles. The summed E-state index contributed by atoms with van der Waals surface area (Å²) in [5.74, 6) is 0.105. The van der Waals surface area contributed by atoms with Crippen molar-refractivity contribution >= 4 is 5.78 Å². The summed E-state index contributed by atoms with van der Waals surface area (Å²) in [6.07, 6.45) is 0. The first-order chi connectivity index (χ1) is 9.69. The standard InChI is InChI=1S/C16H15FO3/c1-19-15-7-5-12(6-8-15)10-20-11-16(18)13-3-2-4-14(17)9-13/h2-9H,10-11H2,1H3. The lowest BCUT2D eigenvalue weighted by molar-refractivity contribution is 0.0726. The lowest BCUT2D eigenvalue weighted by Crippen LogP contribution is -2.09.